The maximum absolute atomic E-state index is 13.0. The van der Waals surface area contributed by atoms with Crippen LogP contribution in [0.1, 0.15) is 243 Å². The first-order valence-corrected chi connectivity index (χ1v) is 41.1. The molecule has 2 atom stereocenters. The van der Waals surface area contributed by atoms with Crippen LogP contribution < -0.4 is 72.7 Å². The van der Waals surface area contributed by atoms with E-state index in [4.69, 9.17) is 45.2 Å². The second kappa shape index (κ2) is 60.9. The summed E-state index contributed by atoms with van der Waals surface area (Å²) < 4.78 is 24.1. The third-order valence-electron chi connectivity index (χ3n) is 16.7. The normalized spacial score (nSPS) is 12.4. The van der Waals surface area contributed by atoms with E-state index >= 15 is 0 Å². The van der Waals surface area contributed by atoms with Crippen LogP contribution in [0.2, 0.25) is 0 Å². The predicted molar refractivity (Wildman–Crippen MR) is 505 cm³/mol. The number of esters is 2. The number of likely N-dealkylation sites (tertiary alicyclic amines) is 2. The number of benzene rings is 3. The second-order valence-electron chi connectivity index (χ2n) is 32.4. The fourth-order valence-electron chi connectivity index (χ4n) is 11.2. The third kappa shape index (κ3) is 47.6. The van der Waals surface area contributed by atoms with Gasteiger partial charge in [-0.3, -0.25) is 74.6 Å². The Hall–Kier alpha value is -15.3. The molecule has 738 valence electrons. The number of rotatable bonds is 14. The van der Waals surface area contributed by atoms with Crippen molar-refractivity contribution in [1.82, 2.24) is 55.8 Å². The SMILES string of the molecule is C.C.CC(C)(C)O.CC(C)(C)OC(=O)Nc1cncc(C(=O)O)c1.CNC(=O)c1cncc(N)c1.CNC(=O)c1cncc(NC(=O)OC(C)(C)C)c1.COC(=O)c1cncc(C(=O)O)c1.COC(=O)c1cncc(NC(=O)OC(C)(C)C)c1.O=C(Nc1cncc(C(=O)NOC(=O)c2ccccc2)c1)C(=O)N1CCCCC1c1ccccc1.O=C(O)C(=O)N1CCCCC1c1ccccc1.[Na+].[OH-]. The van der Waals surface area contributed by atoms with Crippen LogP contribution in [0.25, 0.3) is 0 Å². The van der Waals surface area contributed by atoms with E-state index in [1.807, 2.05) is 60.7 Å². The maximum Gasteiger partial charge on any atom is 1.00 e. The number of pyridine rings is 6. The van der Waals surface area contributed by atoms with E-state index in [0.717, 1.165) is 55.8 Å². The summed E-state index contributed by atoms with van der Waals surface area (Å²) >= 11 is 0. The number of piperidine rings is 2. The topological polar surface area (TPSA) is 616 Å². The van der Waals surface area contributed by atoms with Crippen LogP contribution in [0, 0.1) is 0 Å². The summed E-state index contributed by atoms with van der Waals surface area (Å²) in [5.41, 5.74) is 10.4. The van der Waals surface area contributed by atoms with Gasteiger partial charge in [-0.1, -0.05) is 93.7 Å². The molecule has 11 rings (SSSR count). The summed E-state index contributed by atoms with van der Waals surface area (Å²) in [5, 5.41) is 49.5. The minimum Gasteiger partial charge on any atom is -0.870 e. The largest absolute Gasteiger partial charge is 1.00 e. The molecule has 14 N–H and O–H groups in total. The number of nitrogen functional groups attached to an aromatic ring is 1. The molecular weight excluding hydrogens is 1800 g/mol. The minimum atomic E-state index is -1.37. The number of aromatic nitrogens is 6. The molecule has 2 aliphatic rings. The van der Waals surface area contributed by atoms with Gasteiger partial charge >= 0.3 is 101 Å². The molecule has 9 amide bonds. The van der Waals surface area contributed by atoms with Gasteiger partial charge in [0.2, 0.25) is 0 Å². The van der Waals surface area contributed by atoms with E-state index in [1.54, 1.807) is 131 Å². The molecule has 6 aromatic heterocycles. The van der Waals surface area contributed by atoms with Gasteiger partial charge in [-0.05, 0) is 181 Å². The molecule has 2 saturated heterocycles. The molecule has 8 heterocycles. The molecule has 9 aromatic rings. The predicted octanol–water partition coefficient (Wildman–Crippen LogP) is 10.7. The first kappa shape index (κ1) is 123. The summed E-state index contributed by atoms with van der Waals surface area (Å²) in [7, 11) is 5.58. The molecule has 138 heavy (non-hydrogen) atoms. The van der Waals surface area contributed by atoms with Gasteiger partial charge < -0.3 is 85.9 Å². The summed E-state index contributed by atoms with van der Waals surface area (Å²) in [4.78, 5) is 203. The van der Waals surface area contributed by atoms with Crippen molar-refractivity contribution in [2.75, 3.05) is 68.4 Å². The number of amides is 9. The molecule has 2 aliphatic heterocycles. The molecule has 2 fully saturated rings. The number of carboxylic acids is 3. The summed E-state index contributed by atoms with van der Waals surface area (Å²) in [6.45, 7) is 22.0. The van der Waals surface area contributed by atoms with E-state index in [2.05, 4.69) is 76.8 Å². The number of carboxylic acid groups (broad SMARTS) is 3. The zero-order valence-corrected chi connectivity index (χ0v) is 80.3. The van der Waals surface area contributed by atoms with Gasteiger partial charge in [-0.25, -0.2) is 43.2 Å². The smallest absolute Gasteiger partial charge is 0.870 e. The Morgan fingerprint density at radius 2 is 0.688 bits per heavy atom. The van der Waals surface area contributed by atoms with Crippen molar-refractivity contribution in [2.24, 2.45) is 0 Å². The minimum absolute atomic E-state index is 0. The number of methoxy groups -OCH3 is 2. The number of nitrogens with one attached hydrogen (secondary N) is 7. The first-order chi connectivity index (χ1) is 63.0. The fraction of sp³-hybridized carbons (Fsp3) is 0.337. The molecule has 2 unspecified atom stereocenters. The first-order valence-electron chi connectivity index (χ1n) is 41.1. The Bertz CT molecular complexity index is 5390. The van der Waals surface area contributed by atoms with E-state index in [9.17, 15) is 71.9 Å². The van der Waals surface area contributed by atoms with Crippen molar-refractivity contribution in [3.63, 3.8) is 0 Å². The van der Waals surface area contributed by atoms with Gasteiger partial charge in [-0.15, -0.1) is 0 Å². The number of nitrogens with zero attached hydrogens (tertiary/aromatic N) is 8. The van der Waals surface area contributed by atoms with Crippen LogP contribution in [0.4, 0.5) is 42.8 Å². The molecule has 0 aliphatic carbocycles. The third-order valence-corrected chi connectivity index (χ3v) is 16.7. The van der Waals surface area contributed by atoms with Crippen LogP contribution in [0.5, 0.6) is 0 Å². The Labute approximate surface area is 821 Å². The summed E-state index contributed by atoms with van der Waals surface area (Å²) in [6.07, 6.45) is 19.6. The van der Waals surface area contributed by atoms with Crippen LogP contribution in [0.15, 0.2) is 202 Å². The number of ether oxygens (including phenoxy) is 5. The van der Waals surface area contributed by atoms with Crippen molar-refractivity contribution >= 4 is 118 Å². The molecule has 3 aromatic carbocycles. The van der Waals surface area contributed by atoms with Crippen LogP contribution in [-0.4, -0.2) is 219 Å². The molecule has 43 heteroatoms. The van der Waals surface area contributed by atoms with E-state index in [0.29, 0.717) is 41.3 Å². The van der Waals surface area contributed by atoms with Crippen LogP contribution >= 0.6 is 0 Å². The molecule has 0 saturated carbocycles. The number of aliphatic carboxylic acids is 1. The Kier molecular flexibility index (Phi) is 54.1. The number of nitrogens with two attached hydrogens (primary N) is 1. The number of carbonyl (C=O) groups excluding carboxylic acids is 12. The van der Waals surface area contributed by atoms with Gasteiger partial charge in [-0.2, -0.15) is 5.48 Å². The second-order valence-corrected chi connectivity index (χ2v) is 32.4. The maximum atomic E-state index is 13.0. The number of hydroxylamine groups is 1. The monoisotopic (exact) mass is 1920 g/mol. The Balaban J connectivity index is 0.00000162. The Morgan fingerprint density at radius 3 is 1.04 bits per heavy atom. The van der Waals surface area contributed by atoms with Crippen molar-refractivity contribution in [3.05, 3.63) is 257 Å². The Morgan fingerprint density at radius 1 is 0.384 bits per heavy atom. The number of hydrogen-bond donors (Lipinski definition) is 12. The van der Waals surface area contributed by atoms with Crippen molar-refractivity contribution < 1.29 is 156 Å². The summed E-state index contributed by atoms with van der Waals surface area (Å²) in [5.74, 6) is -8.88. The molecular formula is C95H121N16NaO26. The zero-order chi connectivity index (χ0) is 100. The van der Waals surface area contributed by atoms with Crippen molar-refractivity contribution in [2.45, 2.75) is 171 Å². The number of aliphatic hydroxyl groups is 1. The molecule has 0 radical (unpaired) electrons. The van der Waals surface area contributed by atoms with Crippen LogP contribution in [-0.2, 0) is 47.7 Å². The van der Waals surface area contributed by atoms with E-state index < -0.39 is 100 Å². The van der Waals surface area contributed by atoms with E-state index in [-0.39, 0.29) is 119 Å². The fourth-order valence-corrected chi connectivity index (χ4v) is 11.2. The van der Waals surface area contributed by atoms with Crippen molar-refractivity contribution in [3.8, 4) is 0 Å². The standard InChI is InChI=1S/C26H24N4O5.C13H15NO3.C12H17N3O3.C12H16N2O4.C11H14N2O4.C8H7NO4.C7H9N3O.C4H10O.2CH4.Na.H2O/c31-23(29-35-26(34)19-11-5-2-6-12-19)20-15-21(17-27-16-20)28-24(32)25(33)30-14-8-7-13-22(30)18-9-3-1-4-10-18;15-12(13(16)17)14-9-5-4-8-11(14)10-6-2-1-3-7-10;1-12(2,3)18-11(17)15-9-5-8(6-14-7-9)10(16)13-4;1-12(2,3)18-11(16)14-9-5-8(6-13-7-9)10(15)17-4;1-11(2,3)17-10(16)13-8-4-7(9(14)15)5-12-6-8;1-13-8(12)6-2-5(7(10)11)3-9-4-6;1-9-7(11)5-2-6(8)4-10-3-5;1-4(2,3)5;;;;/h1-6,9-12,15-17,22H,7-8,13-14H2,(H,28,32)(H,29,31);1-3,6-7,11H,4-5,8-9H2,(H,16,17);5-7H,1-4H3,(H,13,16)(H,15,17);5-7H,1-4H3,(H,14,16);4-6H,1-3H3,(H,13,16)(H,14,15);2-4H,1H3,(H,10,11);2-4H,8H2,1H3,(H,9,11);5H,1-3H3;2*1H4;;1H2/q;;;;;;;;;;+1;/p-1. The average molecular weight is 1930 g/mol. The zero-order valence-electron chi connectivity index (χ0n) is 78.3. The number of carbonyl (C=O) groups is 15. The summed E-state index contributed by atoms with van der Waals surface area (Å²) in [6, 6.07) is 35.6. The van der Waals surface area contributed by atoms with Crippen molar-refractivity contribution in [1.29, 1.82) is 0 Å². The van der Waals surface area contributed by atoms with Gasteiger partial charge in [0.05, 0.1) is 130 Å². The average Bonchev–Trinajstić information content (AvgIpc) is 0.817. The van der Waals surface area contributed by atoms with Gasteiger partial charge in [0, 0.05) is 76.8 Å². The quantitative estimate of drug-likeness (QED) is 0.0158. The number of hydrogen-bond acceptors (Lipinski definition) is 30. The van der Waals surface area contributed by atoms with Crippen LogP contribution in [0.3, 0.4) is 0 Å². The van der Waals surface area contributed by atoms with Gasteiger partial charge in [0.15, 0.2) is 0 Å². The number of anilines is 5. The van der Waals surface area contributed by atoms with E-state index in [1.165, 1.54) is 125 Å². The molecule has 0 spiro atoms. The molecule has 42 nitrogen and oxygen atoms in total. The number of aromatic carboxylic acids is 2. The van der Waals surface area contributed by atoms with Gasteiger partial charge in [0.1, 0.15) is 16.8 Å². The molecule has 0 bridgehead atoms. The van der Waals surface area contributed by atoms with Gasteiger partial charge in [0.25, 0.3) is 17.7 Å².